The fourth-order valence-electron chi connectivity index (χ4n) is 1.30. The summed E-state index contributed by atoms with van der Waals surface area (Å²) in [4.78, 5) is 6.21. The van der Waals surface area contributed by atoms with Crippen LogP contribution in [-0.4, -0.2) is 37.0 Å². The maximum atomic E-state index is 12.1. The van der Waals surface area contributed by atoms with Crippen LogP contribution in [0.1, 0.15) is 17.0 Å². The first kappa shape index (κ1) is 15.2. The van der Waals surface area contributed by atoms with Gasteiger partial charge >= 0.3 is 6.18 Å². The number of nitrogens with zero attached hydrogens (tertiary/aromatic N) is 2. The molecule has 0 radical (unpaired) electrons. The summed E-state index contributed by atoms with van der Waals surface area (Å²) in [6, 6.07) is 0. The molecule has 0 bridgehead atoms. The number of hydrogen-bond donors (Lipinski definition) is 1. The second kappa shape index (κ2) is 6.35. The van der Waals surface area contributed by atoms with E-state index in [9.17, 15) is 13.2 Å². The fourth-order valence-corrected chi connectivity index (χ4v) is 2.21. The van der Waals surface area contributed by atoms with Crippen molar-refractivity contribution in [3.63, 3.8) is 0 Å². The maximum Gasteiger partial charge on any atom is 0.390 e. The number of aliphatic hydroxyl groups excluding tert-OH is 1. The minimum atomic E-state index is -4.18. The number of alkyl halides is 3. The zero-order valence-corrected chi connectivity index (χ0v) is 10.9. The Morgan fingerprint density at radius 2 is 2.11 bits per heavy atom. The van der Waals surface area contributed by atoms with Gasteiger partial charge in [-0.25, -0.2) is 4.98 Å². The monoisotopic (exact) mass is 284 g/mol. The molecule has 0 fully saturated rings. The average Bonchev–Trinajstić information content (AvgIpc) is 2.69. The van der Waals surface area contributed by atoms with Gasteiger partial charge in [-0.2, -0.15) is 13.2 Å². The molecule has 1 rings (SSSR count). The fraction of sp³-hybridized carbons (Fsp3) is 0.700. The van der Waals surface area contributed by atoms with Gasteiger partial charge < -0.3 is 14.7 Å². The SMILES string of the molecule is COCc1nc(N(C)CCC(F)(F)F)sc1CO. The molecule has 1 heterocycles. The van der Waals surface area contributed by atoms with E-state index in [1.807, 2.05) is 0 Å². The number of aromatic nitrogens is 1. The molecule has 104 valence electrons. The molecule has 0 aliphatic heterocycles. The Morgan fingerprint density at radius 3 is 2.61 bits per heavy atom. The van der Waals surface area contributed by atoms with Gasteiger partial charge in [0.1, 0.15) is 0 Å². The van der Waals surface area contributed by atoms with Gasteiger partial charge in [0, 0.05) is 20.7 Å². The van der Waals surface area contributed by atoms with Crippen LogP contribution in [0.4, 0.5) is 18.3 Å². The summed E-state index contributed by atoms with van der Waals surface area (Å²) < 4.78 is 41.2. The second-order valence-electron chi connectivity index (χ2n) is 3.74. The molecular weight excluding hydrogens is 269 g/mol. The Morgan fingerprint density at radius 1 is 1.44 bits per heavy atom. The van der Waals surface area contributed by atoms with E-state index in [2.05, 4.69) is 4.98 Å². The van der Waals surface area contributed by atoms with E-state index in [1.54, 1.807) is 7.05 Å². The Labute approximate surface area is 107 Å². The highest BCUT2D eigenvalue weighted by molar-refractivity contribution is 7.15. The summed E-state index contributed by atoms with van der Waals surface area (Å²) in [6.07, 6.45) is -5.07. The van der Waals surface area contributed by atoms with Crippen molar-refractivity contribution in [2.75, 3.05) is 25.6 Å². The Kier molecular flexibility index (Phi) is 5.36. The Hall–Kier alpha value is -0.860. The van der Waals surface area contributed by atoms with Gasteiger partial charge in [0.25, 0.3) is 0 Å². The number of halogens is 3. The standard InChI is InChI=1S/C10H15F3N2O2S/c1-15(4-3-10(11,12)13)9-14-7(6-17-2)8(5-16)18-9/h16H,3-6H2,1-2H3. The molecule has 0 aliphatic carbocycles. The molecular formula is C10H15F3N2O2S. The number of anilines is 1. The lowest BCUT2D eigenvalue weighted by Crippen LogP contribution is -2.23. The van der Waals surface area contributed by atoms with E-state index in [0.717, 1.165) is 0 Å². The predicted octanol–water partition coefficient (Wildman–Crippen LogP) is 2.17. The molecule has 0 aromatic carbocycles. The summed E-state index contributed by atoms with van der Waals surface area (Å²) in [5, 5.41) is 9.57. The number of aliphatic hydroxyl groups is 1. The summed E-state index contributed by atoms with van der Waals surface area (Å²) in [6.45, 7) is -0.114. The van der Waals surface area contributed by atoms with Crippen LogP contribution in [0.25, 0.3) is 0 Å². The predicted molar refractivity (Wildman–Crippen MR) is 62.7 cm³/mol. The van der Waals surface area contributed by atoms with Crippen molar-refractivity contribution in [3.8, 4) is 0 Å². The molecule has 0 amide bonds. The lowest BCUT2D eigenvalue weighted by molar-refractivity contribution is -0.132. The molecule has 1 N–H and O–H groups in total. The maximum absolute atomic E-state index is 12.1. The van der Waals surface area contributed by atoms with E-state index in [-0.39, 0.29) is 19.8 Å². The zero-order chi connectivity index (χ0) is 13.8. The van der Waals surface area contributed by atoms with E-state index in [1.165, 1.54) is 23.3 Å². The minimum absolute atomic E-state index is 0.158. The van der Waals surface area contributed by atoms with Crippen molar-refractivity contribution in [2.24, 2.45) is 0 Å². The second-order valence-corrected chi connectivity index (χ2v) is 4.81. The third kappa shape index (κ3) is 4.43. The van der Waals surface area contributed by atoms with Gasteiger partial charge in [0.15, 0.2) is 5.13 Å². The quantitative estimate of drug-likeness (QED) is 0.869. The van der Waals surface area contributed by atoms with Gasteiger partial charge in [0.05, 0.1) is 30.2 Å². The van der Waals surface area contributed by atoms with Crippen molar-refractivity contribution in [1.82, 2.24) is 4.98 Å². The first-order valence-electron chi connectivity index (χ1n) is 5.23. The van der Waals surface area contributed by atoms with Gasteiger partial charge in [-0.05, 0) is 0 Å². The average molecular weight is 284 g/mol. The van der Waals surface area contributed by atoms with Crippen molar-refractivity contribution in [2.45, 2.75) is 25.8 Å². The number of thiazole rings is 1. The van der Waals surface area contributed by atoms with E-state index in [4.69, 9.17) is 9.84 Å². The summed E-state index contributed by atoms with van der Waals surface area (Å²) >= 11 is 1.18. The smallest absolute Gasteiger partial charge is 0.390 e. The molecule has 0 saturated heterocycles. The van der Waals surface area contributed by atoms with Gasteiger partial charge in [-0.1, -0.05) is 11.3 Å². The molecule has 8 heteroatoms. The highest BCUT2D eigenvalue weighted by atomic mass is 32.1. The summed E-state index contributed by atoms with van der Waals surface area (Å²) in [5.74, 6) is 0. The molecule has 18 heavy (non-hydrogen) atoms. The molecule has 1 aromatic rings. The van der Waals surface area contributed by atoms with E-state index < -0.39 is 12.6 Å². The third-order valence-electron chi connectivity index (χ3n) is 2.25. The molecule has 0 spiro atoms. The number of hydrogen-bond acceptors (Lipinski definition) is 5. The highest BCUT2D eigenvalue weighted by Crippen LogP contribution is 2.28. The van der Waals surface area contributed by atoms with Crippen LogP contribution in [0, 0.1) is 0 Å². The van der Waals surface area contributed by atoms with Crippen LogP contribution in [0.15, 0.2) is 0 Å². The van der Waals surface area contributed by atoms with Gasteiger partial charge in [0.2, 0.25) is 0 Å². The lowest BCUT2D eigenvalue weighted by Gasteiger charge is -2.16. The lowest BCUT2D eigenvalue weighted by atomic mass is 10.4. The van der Waals surface area contributed by atoms with Crippen molar-refractivity contribution in [1.29, 1.82) is 0 Å². The van der Waals surface area contributed by atoms with Crippen LogP contribution < -0.4 is 4.90 Å². The third-order valence-corrected chi connectivity index (χ3v) is 3.45. The number of rotatable bonds is 6. The van der Waals surface area contributed by atoms with Crippen molar-refractivity contribution < 1.29 is 23.0 Å². The van der Waals surface area contributed by atoms with Crippen molar-refractivity contribution >= 4 is 16.5 Å². The first-order chi connectivity index (χ1) is 8.37. The van der Waals surface area contributed by atoms with Gasteiger partial charge in [-0.3, -0.25) is 0 Å². The Balaban J connectivity index is 2.70. The molecule has 0 unspecified atom stereocenters. The molecule has 0 atom stereocenters. The summed E-state index contributed by atoms with van der Waals surface area (Å²) in [5.41, 5.74) is 0.568. The number of methoxy groups -OCH3 is 1. The molecule has 0 saturated carbocycles. The molecule has 0 aliphatic rings. The topological polar surface area (TPSA) is 45.6 Å². The normalized spacial score (nSPS) is 11.9. The summed E-state index contributed by atoms with van der Waals surface area (Å²) in [7, 11) is 3.04. The highest BCUT2D eigenvalue weighted by Gasteiger charge is 2.27. The zero-order valence-electron chi connectivity index (χ0n) is 10.1. The Bertz CT molecular complexity index is 382. The first-order valence-corrected chi connectivity index (χ1v) is 6.05. The molecule has 1 aromatic heterocycles. The van der Waals surface area contributed by atoms with E-state index in [0.29, 0.717) is 15.7 Å². The number of ether oxygens (including phenoxy) is 1. The van der Waals surface area contributed by atoms with Crippen LogP contribution in [0.2, 0.25) is 0 Å². The van der Waals surface area contributed by atoms with Crippen LogP contribution in [-0.2, 0) is 18.0 Å². The largest absolute Gasteiger partial charge is 0.391 e. The van der Waals surface area contributed by atoms with E-state index >= 15 is 0 Å². The van der Waals surface area contributed by atoms with Crippen molar-refractivity contribution in [3.05, 3.63) is 10.6 Å². The van der Waals surface area contributed by atoms with Crippen LogP contribution >= 0.6 is 11.3 Å². The minimum Gasteiger partial charge on any atom is -0.391 e. The molecule has 4 nitrogen and oxygen atoms in total. The van der Waals surface area contributed by atoms with Crippen LogP contribution in [0.3, 0.4) is 0 Å². The van der Waals surface area contributed by atoms with Crippen LogP contribution in [0.5, 0.6) is 0 Å². The van der Waals surface area contributed by atoms with Gasteiger partial charge in [-0.15, -0.1) is 0 Å².